The molecule has 0 aliphatic carbocycles. The molecule has 1 fully saturated rings. The zero-order chi connectivity index (χ0) is 23.7. The SMILES string of the molecule is Cc1c(C(=O)O)c2cccc(Cl)c2n1C1CCOCC1.O=C(O)c1c[nH]c2c(Cl)cccc12. The van der Waals surface area contributed by atoms with Crippen LogP contribution in [0.25, 0.3) is 21.8 Å². The van der Waals surface area contributed by atoms with Crippen LogP contribution in [0.1, 0.15) is 45.3 Å². The maximum atomic E-state index is 11.6. The summed E-state index contributed by atoms with van der Waals surface area (Å²) < 4.78 is 7.48. The van der Waals surface area contributed by atoms with E-state index in [1.165, 1.54) is 6.20 Å². The van der Waals surface area contributed by atoms with Gasteiger partial charge < -0.3 is 24.5 Å². The summed E-state index contributed by atoms with van der Waals surface area (Å²) in [6.07, 6.45) is 3.21. The second kappa shape index (κ2) is 9.47. The summed E-state index contributed by atoms with van der Waals surface area (Å²) in [6, 6.07) is 10.8. The average Bonchev–Trinajstić information content (AvgIpc) is 3.35. The van der Waals surface area contributed by atoms with Gasteiger partial charge in [-0.2, -0.15) is 0 Å². The third kappa shape index (κ3) is 4.31. The molecule has 9 heteroatoms. The minimum Gasteiger partial charge on any atom is -0.478 e. The Morgan fingerprint density at radius 3 is 2.27 bits per heavy atom. The number of halogens is 2. The number of carboxylic acids is 2. The van der Waals surface area contributed by atoms with Crippen LogP contribution in [-0.4, -0.2) is 44.9 Å². The van der Waals surface area contributed by atoms with E-state index in [1.54, 1.807) is 24.3 Å². The smallest absolute Gasteiger partial charge is 0.338 e. The number of nitrogens with one attached hydrogen (secondary N) is 1. The van der Waals surface area contributed by atoms with Gasteiger partial charge in [-0.05, 0) is 31.9 Å². The van der Waals surface area contributed by atoms with Gasteiger partial charge in [0.15, 0.2) is 0 Å². The molecule has 2 aromatic heterocycles. The van der Waals surface area contributed by atoms with Crippen LogP contribution in [0.4, 0.5) is 0 Å². The number of ether oxygens (including phenoxy) is 1. The monoisotopic (exact) mass is 488 g/mol. The van der Waals surface area contributed by atoms with Crippen LogP contribution in [0, 0.1) is 6.92 Å². The zero-order valence-corrected chi connectivity index (χ0v) is 19.3. The number of hydrogen-bond donors (Lipinski definition) is 3. The molecule has 1 aliphatic heterocycles. The maximum Gasteiger partial charge on any atom is 0.338 e. The minimum atomic E-state index is -0.950. The number of benzene rings is 2. The van der Waals surface area contributed by atoms with E-state index in [1.807, 2.05) is 19.1 Å². The highest BCUT2D eigenvalue weighted by Gasteiger charge is 2.26. The Labute approximate surface area is 199 Å². The Bertz CT molecular complexity index is 1350. The lowest BCUT2D eigenvalue weighted by atomic mass is 10.1. The third-order valence-corrected chi connectivity index (χ3v) is 6.51. The van der Waals surface area contributed by atoms with Gasteiger partial charge in [-0.3, -0.25) is 0 Å². The molecule has 172 valence electrons. The van der Waals surface area contributed by atoms with Crippen molar-refractivity contribution in [2.24, 2.45) is 0 Å². The molecular formula is C24H22Cl2N2O5. The van der Waals surface area contributed by atoms with Crippen molar-refractivity contribution in [3.63, 3.8) is 0 Å². The van der Waals surface area contributed by atoms with E-state index in [0.29, 0.717) is 45.1 Å². The number of aromatic amines is 1. The number of hydrogen-bond acceptors (Lipinski definition) is 3. The summed E-state index contributed by atoms with van der Waals surface area (Å²) >= 11 is 12.2. The lowest BCUT2D eigenvalue weighted by Gasteiger charge is -2.26. The molecule has 1 saturated heterocycles. The number of carboxylic acid groups (broad SMARTS) is 2. The second-order valence-corrected chi connectivity index (χ2v) is 8.60. The minimum absolute atomic E-state index is 0.248. The molecule has 0 unspecified atom stereocenters. The van der Waals surface area contributed by atoms with E-state index in [2.05, 4.69) is 9.55 Å². The summed E-state index contributed by atoms with van der Waals surface area (Å²) in [5.74, 6) is -1.85. The summed E-state index contributed by atoms with van der Waals surface area (Å²) in [5, 5.41) is 20.8. The van der Waals surface area contributed by atoms with E-state index >= 15 is 0 Å². The van der Waals surface area contributed by atoms with Crippen LogP contribution in [-0.2, 0) is 4.74 Å². The maximum absolute atomic E-state index is 11.6. The average molecular weight is 489 g/mol. The molecule has 3 heterocycles. The number of para-hydroxylation sites is 2. The first-order valence-corrected chi connectivity index (χ1v) is 11.2. The molecule has 0 amide bonds. The predicted molar refractivity (Wildman–Crippen MR) is 128 cm³/mol. The molecule has 7 nitrogen and oxygen atoms in total. The Morgan fingerprint density at radius 2 is 1.64 bits per heavy atom. The zero-order valence-electron chi connectivity index (χ0n) is 17.8. The summed E-state index contributed by atoms with van der Waals surface area (Å²) in [6.45, 7) is 3.27. The fourth-order valence-electron chi connectivity index (χ4n) is 4.41. The Kier molecular flexibility index (Phi) is 6.65. The van der Waals surface area contributed by atoms with E-state index in [0.717, 1.165) is 24.1 Å². The van der Waals surface area contributed by atoms with Crippen molar-refractivity contribution in [1.82, 2.24) is 9.55 Å². The van der Waals surface area contributed by atoms with Crippen molar-refractivity contribution in [2.75, 3.05) is 13.2 Å². The second-order valence-electron chi connectivity index (χ2n) is 7.79. The molecule has 0 spiro atoms. The first kappa shape index (κ1) is 23.2. The number of fused-ring (bicyclic) bond motifs is 2. The fraction of sp³-hybridized carbons (Fsp3) is 0.250. The molecule has 4 aromatic rings. The standard InChI is InChI=1S/C15H16ClNO3.C9H6ClNO2/c1-9-13(15(18)19)11-3-2-4-12(16)14(11)17(9)10-5-7-20-8-6-10;10-7-3-1-2-5-6(9(12)13)4-11-8(5)7/h2-4,10H,5-8H2,1H3,(H,18,19);1-4,11H,(H,12,13). The van der Waals surface area contributed by atoms with Crippen LogP contribution in [0.5, 0.6) is 0 Å². The number of rotatable bonds is 3. The van der Waals surface area contributed by atoms with Gasteiger partial charge in [0, 0.05) is 41.9 Å². The first-order chi connectivity index (χ1) is 15.8. The molecular weight excluding hydrogens is 467 g/mol. The highest BCUT2D eigenvalue weighted by molar-refractivity contribution is 6.36. The molecule has 0 saturated carbocycles. The van der Waals surface area contributed by atoms with E-state index in [9.17, 15) is 14.7 Å². The molecule has 2 aromatic carbocycles. The van der Waals surface area contributed by atoms with Crippen molar-refractivity contribution in [3.8, 4) is 0 Å². The van der Waals surface area contributed by atoms with Crippen molar-refractivity contribution >= 4 is 56.9 Å². The lowest BCUT2D eigenvalue weighted by molar-refractivity contribution is 0.0679. The quantitative estimate of drug-likeness (QED) is 0.319. The van der Waals surface area contributed by atoms with Crippen molar-refractivity contribution in [1.29, 1.82) is 0 Å². The topological polar surface area (TPSA) is 105 Å². The van der Waals surface area contributed by atoms with Gasteiger partial charge in [0.2, 0.25) is 0 Å². The highest BCUT2D eigenvalue weighted by atomic mass is 35.5. The van der Waals surface area contributed by atoms with Crippen molar-refractivity contribution < 1.29 is 24.5 Å². The summed E-state index contributed by atoms with van der Waals surface area (Å²) in [7, 11) is 0. The summed E-state index contributed by atoms with van der Waals surface area (Å²) in [4.78, 5) is 25.1. The van der Waals surface area contributed by atoms with Gasteiger partial charge >= 0.3 is 11.9 Å². The van der Waals surface area contributed by atoms with Crippen LogP contribution in [0.2, 0.25) is 10.0 Å². The van der Waals surface area contributed by atoms with Gasteiger partial charge in [-0.15, -0.1) is 0 Å². The number of aromatic nitrogens is 2. The number of aromatic carboxylic acids is 2. The number of nitrogens with zero attached hydrogens (tertiary/aromatic N) is 1. The highest BCUT2D eigenvalue weighted by Crippen LogP contribution is 2.36. The van der Waals surface area contributed by atoms with Crippen molar-refractivity contribution in [2.45, 2.75) is 25.8 Å². The van der Waals surface area contributed by atoms with Crippen molar-refractivity contribution in [3.05, 3.63) is 69.5 Å². The van der Waals surface area contributed by atoms with Gasteiger partial charge in [0.25, 0.3) is 0 Å². The molecule has 0 radical (unpaired) electrons. The van der Waals surface area contributed by atoms with Crippen LogP contribution in [0.15, 0.2) is 42.6 Å². The normalized spacial score (nSPS) is 14.3. The third-order valence-electron chi connectivity index (χ3n) is 5.89. The first-order valence-electron chi connectivity index (χ1n) is 10.4. The van der Waals surface area contributed by atoms with Gasteiger partial charge in [-0.1, -0.05) is 47.5 Å². The Morgan fingerprint density at radius 1 is 1.00 bits per heavy atom. The number of carbonyl (C=O) groups is 2. The molecule has 3 N–H and O–H groups in total. The molecule has 5 rings (SSSR count). The lowest BCUT2D eigenvalue weighted by Crippen LogP contribution is -2.20. The van der Waals surface area contributed by atoms with Crippen LogP contribution >= 0.6 is 23.2 Å². The molecule has 33 heavy (non-hydrogen) atoms. The van der Waals surface area contributed by atoms with E-state index in [4.69, 9.17) is 33.0 Å². The van der Waals surface area contributed by atoms with Gasteiger partial charge in [0.1, 0.15) is 0 Å². The Hall–Kier alpha value is -3.00. The Balaban J connectivity index is 0.000000172. The van der Waals surface area contributed by atoms with Crippen LogP contribution < -0.4 is 0 Å². The largest absolute Gasteiger partial charge is 0.478 e. The summed E-state index contributed by atoms with van der Waals surface area (Å²) in [5.41, 5.74) is 2.87. The molecule has 1 aliphatic rings. The van der Waals surface area contributed by atoms with E-state index in [-0.39, 0.29) is 11.6 Å². The number of H-pyrrole nitrogens is 1. The molecule has 0 bridgehead atoms. The van der Waals surface area contributed by atoms with Gasteiger partial charge in [0.05, 0.1) is 32.2 Å². The fourth-order valence-corrected chi connectivity index (χ4v) is 4.90. The van der Waals surface area contributed by atoms with Crippen LogP contribution in [0.3, 0.4) is 0 Å². The predicted octanol–water partition coefficient (Wildman–Crippen LogP) is 6.17. The van der Waals surface area contributed by atoms with E-state index < -0.39 is 11.9 Å². The van der Waals surface area contributed by atoms with Gasteiger partial charge in [-0.25, -0.2) is 9.59 Å². The molecule has 0 atom stereocenters.